The van der Waals surface area contributed by atoms with E-state index < -0.39 is 12.0 Å². The maximum absolute atomic E-state index is 10.0. The molecule has 0 saturated heterocycles. The van der Waals surface area contributed by atoms with Crippen LogP contribution in [-0.4, -0.2) is 23.3 Å². The van der Waals surface area contributed by atoms with Gasteiger partial charge in [0, 0.05) is 12.6 Å². The smallest absolute Gasteiger partial charge is 0.330 e. The first-order valence-electron chi connectivity index (χ1n) is 2.25. The molecule has 1 radical (unpaired) electrons. The summed E-state index contributed by atoms with van der Waals surface area (Å²) in [5.41, 5.74) is 3.41. The summed E-state index contributed by atoms with van der Waals surface area (Å²) < 4.78 is 0. The van der Waals surface area contributed by atoms with E-state index in [4.69, 9.17) is 5.11 Å². The molecule has 0 fully saturated rings. The fourth-order valence-electron chi connectivity index (χ4n) is 0.472. The third-order valence-electron chi connectivity index (χ3n) is 0.901. The summed E-state index contributed by atoms with van der Waals surface area (Å²) in [6.45, 7) is 0. The summed E-state index contributed by atoms with van der Waals surface area (Å²) >= 11 is 0. The number of hydrogen-bond donors (Lipinski definition) is 1. The highest BCUT2D eigenvalue weighted by atomic mass is 16.4. The lowest BCUT2D eigenvalue weighted by atomic mass is 10.2. The van der Waals surface area contributed by atoms with Crippen molar-refractivity contribution in [3.63, 3.8) is 0 Å². The predicted molar refractivity (Wildman–Crippen MR) is 26.7 cm³/mol. The van der Waals surface area contributed by atoms with E-state index in [1.165, 1.54) is 6.21 Å². The molecule has 0 saturated carbocycles. The van der Waals surface area contributed by atoms with Crippen LogP contribution in [0.3, 0.4) is 0 Å². The summed E-state index contributed by atoms with van der Waals surface area (Å²) in [5.74, 6) is -0.900. The Balaban J connectivity index is 2.41. The lowest BCUT2D eigenvalue weighted by Crippen LogP contribution is -2.23. The second-order valence-corrected chi connectivity index (χ2v) is 1.50. The average molecular weight is 113 g/mol. The maximum Gasteiger partial charge on any atom is 0.330 e. The van der Waals surface area contributed by atoms with Crippen LogP contribution in [0.25, 0.3) is 0 Å². The molecule has 1 N–H and O–H groups in total. The second kappa shape index (κ2) is 1.81. The SMILES string of the molecule is O=C(O)C1CC=N[N]1. The minimum absolute atomic E-state index is 0.440. The standard InChI is InChI=1S/C4H5N2O2/c7-4(8)3-1-2-5-6-3/h2-3H,1H2,(H,7,8). The molecule has 0 aliphatic carbocycles. The molecule has 1 unspecified atom stereocenters. The quantitative estimate of drug-likeness (QED) is 0.495. The number of carbonyl (C=O) groups is 1. The summed E-state index contributed by atoms with van der Waals surface area (Å²) in [6, 6.07) is -0.616. The van der Waals surface area contributed by atoms with Gasteiger partial charge in [-0.05, 0) is 0 Å². The second-order valence-electron chi connectivity index (χ2n) is 1.50. The van der Waals surface area contributed by atoms with Gasteiger partial charge in [0.1, 0.15) is 0 Å². The number of hydrogen-bond acceptors (Lipinski definition) is 2. The molecule has 1 aliphatic heterocycles. The van der Waals surface area contributed by atoms with E-state index in [0.29, 0.717) is 6.42 Å². The van der Waals surface area contributed by atoms with Crippen LogP contribution in [0.15, 0.2) is 5.10 Å². The van der Waals surface area contributed by atoms with Crippen molar-refractivity contribution in [2.24, 2.45) is 5.10 Å². The Bertz CT molecular complexity index is 124. The topological polar surface area (TPSA) is 63.8 Å². The maximum atomic E-state index is 10.0. The monoisotopic (exact) mass is 113 g/mol. The first-order chi connectivity index (χ1) is 3.80. The average Bonchev–Trinajstić information content (AvgIpc) is 2.12. The summed E-state index contributed by atoms with van der Waals surface area (Å²) in [7, 11) is 0. The lowest BCUT2D eigenvalue weighted by molar-refractivity contribution is -0.139. The van der Waals surface area contributed by atoms with Gasteiger partial charge < -0.3 is 5.11 Å². The number of nitrogens with zero attached hydrogens (tertiary/aromatic N) is 2. The molecule has 4 heteroatoms. The predicted octanol–water partition coefficient (Wildman–Crippen LogP) is -0.567. The van der Waals surface area contributed by atoms with Gasteiger partial charge in [-0.3, -0.25) is 0 Å². The van der Waals surface area contributed by atoms with E-state index in [1.807, 2.05) is 0 Å². The van der Waals surface area contributed by atoms with Crippen molar-refractivity contribution < 1.29 is 9.90 Å². The minimum Gasteiger partial charge on any atom is -0.480 e. The summed E-state index contributed by atoms with van der Waals surface area (Å²) in [6.07, 6.45) is 1.94. The van der Waals surface area contributed by atoms with Gasteiger partial charge in [0.2, 0.25) is 0 Å². The number of rotatable bonds is 1. The van der Waals surface area contributed by atoms with Gasteiger partial charge in [0.15, 0.2) is 6.04 Å². The summed E-state index contributed by atoms with van der Waals surface area (Å²) in [5, 5.41) is 11.6. The Hall–Kier alpha value is -1.06. The van der Waals surface area contributed by atoms with Crippen molar-refractivity contribution in [1.29, 1.82) is 0 Å². The van der Waals surface area contributed by atoms with Crippen LogP contribution >= 0.6 is 0 Å². The molecule has 1 rings (SSSR count). The minimum atomic E-state index is -0.900. The van der Waals surface area contributed by atoms with Crippen LogP contribution in [0, 0.1) is 0 Å². The van der Waals surface area contributed by atoms with Crippen LogP contribution < -0.4 is 5.43 Å². The van der Waals surface area contributed by atoms with E-state index >= 15 is 0 Å². The summed E-state index contributed by atoms with van der Waals surface area (Å²) in [4.78, 5) is 10.0. The number of aliphatic carboxylic acids is 1. The highest BCUT2D eigenvalue weighted by Gasteiger charge is 2.19. The van der Waals surface area contributed by atoms with E-state index in [2.05, 4.69) is 10.5 Å². The Morgan fingerprint density at radius 3 is 2.88 bits per heavy atom. The van der Waals surface area contributed by atoms with E-state index in [1.54, 1.807) is 0 Å². The molecule has 0 spiro atoms. The van der Waals surface area contributed by atoms with Crippen LogP contribution in [0.2, 0.25) is 0 Å². The fourth-order valence-corrected chi connectivity index (χ4v) is 0.472. The number of carboxylic acid groups (broad SMARTS) is 1. The zero-order valence-electron chi connectivity index (χ0n) is 4.11. The Morgan fingerprint density at radius 2 is 2.62 bits per heavy atom. The van der Waals surface area contributed by atoms with E-state index in [0.717, 1.165) is 0 Å². The van der Waals surface area contributed by atoms with Gasteiger partial charge in [-0.25, -0.2) is 4.79 Å². The van der Waals surface area contributed by atoms with E-state index in [9.17, 15) is 4.79 Å². The van der Waals surface area contributed by atoms with Crippen LogP contribution in [-0.2, 0) is 4.79 Å². The van der Waals surface area contributed by atoms with Crippen molar-refractivity contribution in [3.8, 4) is 0 Å². The zero-order valence-corrected chi connectivity index (χ0v) is 4.11. The van der Waals surface area contributed by atoms with Crippen LogP contribution in [0.4, 0.5) is 0 Å². The number of carboxylic acids is 1. The van der Waals surface area contributed by atoms with Gasteiger partial charge in [0.05, 0.1) is 0 Å². The van der Waals surface area contributed by atoms with Gasteiger partial charge in [-0.2, -0.15) is 10.5 Å². The van der Waals surface area contributed by atoms with Crippen molar-refractivity contribution >= 4 is 12.2 Å². The van der Waals surface area contributed by atoms with Crippen molar-refractivity contribution in [3.05, 3.63) is 0 Å². The molecule has 1 heterocycles. The van der Waals surface area contributed by atoms with Gasteiger partial charge in [-0.15, -0.1) is 0 Å². The first kappa shape index (κ1) is 5.08. The Morgan fingerprint density at radius 1 is 1.88 bits per heavy atom. The third-order valence-corrected chi connectivity index (χ3v) is 0.901. The molecule has 0 amide bonds. The molecule has 0 aromatic heterocycles. The fraction of sp³-hybridized carbons (Fsp3) is 0.500. The van der Waals surface area contributed by atoms with Crippen molar-refractivity contribution in [2.75, 3.05) is 0 Å². The van der Waals surface area contributed by atoms with Crippen LogP contribution in [0.5, 0.6) is 0 Å². The third kappa shape index (κ3) is 0.776. The highest BCUT2D eigenvalue weighted by molar-refractivity contribution is 5.79. The molecule has 0 aromatic rings. The van der Waals surface area contributed by atoms with Gasteiger partial charge in [-0.1, -0.05) is 0 Å². The normalized spacial score (nSPS) is 25.2. The van der Waals surface area contributed by atoms with Crippen molar-refractivity contribution in [1.82, 2.24) is 5.43 Å². The zero-order chi connectivity index (χ0) is 5.98. The molecule has 4 nitrogen and oxygen atoms in total. The van der Waals surface area contributed by atoms with E-state index in [-0.39, 0.29) is 0 Å². The van der Waals surface area contributed by atoms with Crippen molar-refractivity contribution in [2.45, 2.75) is 12.5 Å². The first-order valence-corrected chi connectivity index (χ1v) is 2.25. The molecule has 1 aliphatic rings. The molecule has 43 valence electrons. The van der Waals surface area contributed by atoms with Crippen LogP contribution in [0.1, 0.15) is 6.42 Å². The molecular weight excluding hydrogens is 108 g/mol. The largest absolute Gasteiger partial charge is 0.480 e. The lowest BCUT2D eigenvalue weighted by Gasteiger charge is -1.95. The molecule has 0 bridgehead atoms. The molecule has 0 aromatic carbocycles. The Kier molecular flexibility index (Phi) is 1.15. The molecular formula is C4H5N2O2. The van der Waals surface area contributed by atoms with Gasteiger partial charge in [0.25, 0.3) is 0 Å². The Labute approximate surface area is 46.2 Å². The van der Waals surface area contributed by atoms with Gasteiger partial charge >= 0.3 is 5.97 Å². The molecule has 1 atom stereocenters. The molecule has 8 heavy (non-hydrogen) atoms. The highest BCUT2D eigenvalue weighted by Crippen LogP contribution is 1.96.